The number of benzene rings is 4. The van der Waals surface area contributed by atoms with E-state index in [1.807, 2.05) is 44.4 Å². The molecule has 0 saturated carbocycles. The Bertz CT molecular complexity index is 1810. The predicted molar refractivity (Wildman–Crippen MR) is 179 cm³/mol. The Morgan fingerprint density at radius 3 is 1.96 bits per heavy atom. The molecule has 2 aliphatic rings. The molecule has 7 nitrogen and oxygen atoms in total. The first-order valence-corrected chi connectivity index (χ1v) is 16.3. The van der Waals surface area contributed by atoms with E-state index in [0.717, 1.165) is 59.2 Å². The molecule has 4 aromatic rings. The fraction of sp³-hybridized carbons (Fsp3) is 0.333. The van der Waals surface area contributed by atoms with Crippen molar-refractivity contribution in [2.75, 3.05) is 33.9 Å². The van der Waals surface area contributed by atoms with E-state index in [2.05, 4.69) is 21.6 Å². The van der Waals surface area contributed by atoms with E-state index in [1.165, 1.54) is 24.3 Å². The number of halogens is 2. The molecule has 2 N–H and O–H groups in total. The lowest BCUT2D eigenvalue weighted by Gasteiger charge is -2.31. The summed E-state index contributed by atoms with van der Waals surface area (Å²) >= 11 is 0. The minimum Gasteiger partial charge on any atom is -0.361 e. The third kappa shape index (κ3) is 6.75. The fourth-order valence-electron chi connectivity index (χ4n) is 7.04. The summed E-state index contributed by atoms with van der Waals surface area (Å²) < 4.78 is 40.4. The molecule has 2 atom stereocenters. The molecule has 0 aliphatic carbocycles. The van der Waals surface area contributed by atoms with Gasteiger partial charge in [-0.1, -0.05) is 36.4 Å². The van der Waals surface area contributed by atoms with Crippen molar-refractivity contribution < 1.29 is 23.0 Å². The van der Waals surface area contributed by atoms with Crippen molar-refractivity contribution in [2.45, 2.75) is 50.1 Å². The van der Waals surface area contributed by atoms with Crippen LogP contribution in [0.15, 0.2) is 84.9 Å². The first-order valence-electron chi connectivity index (χ1n) is 16.3. The molecule has 1 amide bonds. The maximum Gasteiger partial charge on any atom is 0.252 e. The molecule has 0 spiro atoms. The van der Waals surface area contributed by atoms with Gasteiger partial charge in [0.05, 0.1) is 31.5 Å². The number of ether oxygens (including phenoxy) is 2. The normalized spacial score (nSPS) is 19.6. The Morgan fingerprint density at radius 1 is 0.812 bits per heavy atom. The SMILES string of the molecule is CN(C)CCCC1(c2ccc(F)cc2)OCc2cc(C(=O)NCNCCCC3(c4ccc(F)cc4)OCc4cc(C#N)ccc43)ccc21. The first kappa shape index (κ1) is 33.4. The third-order valence-corrected chi connectivity index (χ3v) is 9.43. The summed E-state index contributed by atoms with van der Waals surface area (Å²) in [6.07, 6.45) is 2.98. The lowest BCUT2D eigenvalue weighted by Crippen LogP contribution is -2.35. The highest BCUT2D eigenvalue weighted by molar-refractivity contribution is 5.94. The number of hydrogen-bond donors (Lipinski definition) is 2. The lowest BCUT2D eigenvalue weighted by atomic mass is 9.81. The molecule has 2 heterocycles. The van der Waals surface area contributed by atoms with Gasteiger partial charge in [0.2, 0.25) is 0 Å². The van der Waals surface area contributed by atoms with Gasteiger partial charge in [-0.15, -0.1) is 0 Å². The highest BCUT2D eigenvalue weighted by Crippen LogP contribution is 2.47. The molecule has 248 valence electrons. The lowest BCUT2D eigenvalue weighted by molar-refractivity contribution is -0.0140. The molecule has 6 rings (SSSR count). The maximum atomic E-state index is 13.8. The Labute approximate surface area is 280 Å². The van der Waals surface area contributed by atoms with Gasteiger partial charge in [-0.2, -0.15) is 5.26 Å². The number of nitrogens with zero attached hydrogens (tertiary/aromatic N) is 2. The van der Waals surface area contributed by atoms with Crippen LogP contribution in [0.5, 0.6) is 0 Å². The van der Waals surface area contributed by atoms with Gasteiger partial charge in [0, 0.05) is 5.56 Å². The van der Waals surface area contributed by atoms with Gasteiger partial charge in [0.15, 0.2) is 0 Å². The van der Waals surface area contributed by atoms with E-state index >= 15 is 0 Å². The average Bonchev–Trinajstić information content (AvgIpc) is 3.65. The molecule has 0 bridgehead atoms. The number of carbonyl (C=O) groups excluding carboxylic acids is 1. The van der Waals surface area contributed by atoms with Crippen molar-refractivity contribution in [3.8, 4) is 6.07 Å². The topological polar surface area (TPSA) is 86.6 Å². The van der Waals surface area contributed by atoms with Crippen LogP contribution in [0.4, 0.5) is 8.78 Å². The largest absolute Gasteiger partial charge is 0.361 e. The molecule has 4 aromatic carbocycles. The smallest absolute Gasteiger partial charge is 0.252 e. The summed E-state index contributed by atoms with van der Waals surface area (Å²) in [5.41, 5.74) is 5.37. The van der Waals surface area contributed by atoms with Crippen LogP contribution in [0, 0.1) is 23.0 Å². The van der Waals surface area contributed by atoms with Gasteiger partial charge in [-0.25, -0.2) is 8.78 Å². The van der Waals surface area contributed by atoms with Crippen molar-refractivity contribution in [2.24, 2.45) is 0 Å². The van der Waals surface area contributed by atoms with E-state index in [4.69, 9.17) is 9.47 Å². The molecule has 9 heteroatoms. The van der Waals surface area contributed by atoms with Gasteiger partial charge >= 0.3 is 0 Å². The summed E-state index contributed by atoms with van der Waals surface area (Å²) in [6.45, 7) is 2.53. The molecule has 0 saturated heterocycles. The number of hydrogen-bond acceptors (Lipinski definition) is 6. The Hall–Kier alpha value is -4.46. The van der Waals surface area contributed by atoms with Crippen molar-refractivity contribution in [3.63, 3.8) is 0 Å². The first-order chi connectivity index (χ1) is 23.2. The van der Waals surface area contributed by atoms with Crippen LogP contribution in [-0.4, -0.2) is 44.7 Å². The quantitative estimate of drug-likeness (QED) is 0.127. The van der Waals surface area contributed by atoms with E-state index in [0.29, 0.717) is 37.3 Å². The Balaban J connectivity index is 1.07. The van der Waals surface area contributed by atoms with Gasteiger partial charge in [-0.3, -0.25) is 10.1 Å². The van der Waals surface area contributed by atoms with Crippen LogP contribution in [0.3, 0.4) is 0 Å². The summed E-state index contributed by atoms with van der Waals surface area (Å²) in [4.78, 5) is 15.3. The number of carbonyl (C=O) groups is 1. The van der Waals surface area contributed by atoms with Crippen LogP contribution >= 0.6 is 0 Å². The van der Waals surface area contributed by atoms with Crippen molar-refractivity contribution in [1.82, 2.24) is 15.5 Å². The second kappa shape index (κ2) is 14.3. The second-order valence-corrected chi connectivity index (χ2v) is 12.8. The monoisotopic (exact) mass is 650 g/mol. The zero-order valence-electron chi connectivity index (χ0n) is 27.3. The van der Waals surface area contributed by atoms with Gasteiger partial charge in [0.25, 0.3) is 5.91 Å². The van der Waals surface area contributed by atoms with E-state index < -0.39 is 11.2 Å². The average molecular weight is 651 g/mol. The number of nitriles is 1. The Morgan fingerprint density at radius 2 is 1.38 bits per heavy atom. The molecule has 2 aliphatic heterocycles. The van der Waals surface area contributed by atoms with Crippen molar-refractivity contribution in [1.29, 1.82) is 5.26 Å². The summed E-state index contributed by atoms with van der Waals surface area (Å²) in [5.74, 6) is -0.797. The minimum atomic E-state index is -0.746. The number of amides is 1. The van der Waals surface area contributed by atoms with Gasteiger partial charge < -0.3 is 19.7 Å². The van der Waals surface area contributed by atoms with Crippen LogP contribution in [0.2, 0.25) is 0 Å². The molecule has 0 aromatic heterocycles. The number of rotatable bonds is 13. The zero-order valence-corrected chi connectivity index (χ0v) is 27.3. The summed E-state index contributed by atoms with van der Waals surface area (Å²) in [6, 6.07) is 26.3. The molecule has 48 heavy (non-hydrogen) atoms. The van der Waals surface area contributed by atoms with Gasteiger partial charge in [-0.05, 0) is 135 Å². The van der Waals surface area contributed by atoms with Crippen LogP contribution in [0.1, 0.15) is 75.0 Å². The predicted octanol–water partition coefficient (Wildman–Crippen LogP) is 6.48. The molecular weight excluding hydrogens is 610 g/mol. The highest BCUT2D eigenvalue weighted by Gasteiger charge is 2.42. The molecule has 0 fully saturated rings. The van der Waals surface area contributed by atoms with Crippen LogP contribution < -0.4 is 10.6 Å². The fourth-order valence-corrected chi connectivity index (χ4v) is 7.04. The molecular formula is C39H40F2N4O3. The molecule has 2 unspecified atom stereocenters. The second-order valence-electron chi connectivity index (χ2n) is 12.8. The van der Waals surface area contributed by atoms with E-state index in [9.17, 15) is 18.8 Å². The number of fused-ring (bicyclic) bond motifs is 2. The maximum absolute atomic E-state index is 13.8. The van der Waals surface area contributed by atoms with Crippen molar-refractivity contribution in [3.05, 3.63) is 141 Å². The van der Waals surface area contributed by atoms with E-state index in [1.54, 1.807) is 30.3 Å². The Kier molecular flexibility index (Phi) is 9.99. The van der Waals surface area contributed by atoms with Gasteiger partial charge in [0.1, 0.15) is 22.8 Å². The van der Waals surface area contributed by atoms with Crippen LogP contribution in [0.25, 0.3) is 0 Å². The summed E-state index contributed by atoms with van der Waals surface area (Å²) in [5, 5.41) is 15.6. The summed E-state index contributed by atoms with van der Waals surface area (Å²) in [7, 11) is 4.07. The highest BCUT2D eigenvalue weighted by atomic mass is 19.1. The van der Waals surface area contributed by atoms with Crippen molar-refractivity contribution >= 4 is 5.91 Å². The zero-order chi connectivity index (χ0) is 33.7. The number of nitrogens with one attached hydrogen (secondary N) is 2. The van der Waals surface area contributed by atoms with Crippen LogP contribution in [-0.2, 0) is 33.9 Å². The van der Waals surface area contributed by atoms with E-state index in [-0.39, 0.29) is 24.2 Å². The minimum absolute atomic E-state index is 0.193. The molecule has 0 radical (unpaired) electrons. The third-order valence-electron chi connectivity index (χ3n) is 9.43. The standard InChI is InChI=1S/C39H40F2N4O3/c1-45(2)20-4-18-39(32-9-13-34(41)14-10-32)36-16-6-28(22-30(36)25-48-39)37(46)44-26-43-19-3-17-38(31-7-11-33(40)12-8-31)35-15-5-27(23-42)21-29(35)24-47-38/h5-16,21-22,43H,3-4,17-20,24-26H2,1-2H3,(H,44,46).